The third-order valence-electron chi connectivity index (χ3n) is 5.00. The molecule has 1 aromatic heterocycles. The van der Waals surface area contributed by atoms with Gasteiger partial charge in [-0.25, -0.2) is 13.4 Å². The summed E-state index contributed by atoms with van der Waals surface area (Å²) in [5.74, 6) is -2.63. The van der Waals surface area contributed by atoms with Crippen molar-refractivity contribution in [3.8, 4) is 0 Å². The lowest BCUT2D eigenvalue weighted by molar-refractivity contribution is -0.140. The number of Topliss-reactive ketones (excluding diaryl/α,β-unsaturated/α-hetero) is 1. The molecule has 1 aliphatic heterocycles. The molecule has 0 radical (unpaired) electrons. The highest BCUT2D eigenvalue weighted by Crippen LogP contribution is 2.18. The molecule has 2 aromatic rings. The zero-order valence-corrected chi connectivity index (χ0v) is 19.5. The van der Waals surface area contributed by atoms with Crippen molar-refractivity contribution < 1.29 is 22.8 Å². The number of thiazole rings is 1. The molecule has 0 saturated heterocycles. The van der Waals surface area contributed by atoms with Crippen LogP contribution in [0.2, 0.25) is 0 Å². The van der Waals surface area contributed by atoms with Crippen LogP contribution in [0.15, 0.2) is 41.4 Å². The Hall–Kier alpha value is -2.63. The Balaban J connectivity index is 1.81. The largest absolute Gasteiger partial charge is 0.349 e. The Morgan fingerprint density at radius 1 is 1.22 bits per heavy atom. The minimum Gasteiger partial charge on any atom is -0.349 e. The molecule has 3 rings (SSSR count). The van der Waals surface area contributed by atoms with Crippen molar-refractivity contribution >= 4 is 39.0 Å². The summed E-state index contributed by atoms with van der Waals surface area (Å²) in [4.78, 5) is 43.2. The van der Waals surface area contributed by atoms with Gasteiger partial charge >= 0.3 is 0 Å². The predicted molar refractivity (Wildman–Crippen MR) is 119 cm³/mol. The minimum absolute atomic E-state index is 0.0287. The molecule has 2 heterocycles. The number of nitrogens with one attached hydrogen (secondary N) is 3. The number of aryl methyl sites for hydroxylation is 1. The molecule has 0 fully saturated rings. The van der Waals surface area contributed by atoms with Crippen LogP contribution in [0.4, 0.5) is 0 Å². The maximum atomic E-state index is 13.1. The lowest BCUT2D eigenvalue weighted by Crippen LogP contribution is -2.56. The van der Waals surface area contributed by atoms with E-state index in [-0.39, 0.29) is 11.3 Å². The van der Waals surface area contributed by atoms with E-state index < -0.39 is 45.6 Å². The van der Waals surface area contributed by atoms with Gasteiger partial charge in [-0.1, -0.05) is 32.0 Å². The summed E-state index contributed by atoms with van der Waals surface area (Å²) in [6, 6.07) is 5.45. The van der Waals surface area contributed by atoms with Gasteiger partial charge in [-0.3, -0.25) is 14.4 Å². The first-order chi connectivity index (χ1) is 15.2. The standard InChI is InChI=1S/C21H26N4O5S2/c1-13(2)18(25-32(29,30)15-7-4-3-5-8-15)20(27)24-16-11-14-12-23-17(31-14)9-6-10-22-21(28)19(16)26/h3-5,7-8,12-13,16,18,25H,6,9-11H2,1-2H3,(H,22,28)(H,24,27). The van der Waals surface area contributed by atoms with Crippen LogP contribution in [0.3, 0.4) is 0 Å². The van der Waals surface area contributed by atoms with E-state index in [1.165, 1.54) is 23.5 Å². The monoisotopic (exact) mass is 478 g/mol. The van der Waals surface area contributed by atoms with Gasteiger partial charge < -0.3 is 10.6 Å². The minimum atomic E-state index is -3.96. The van der Waals surface area contributed by atoms with Crippen LogP contribution in [0, 0.1) is 5.92 Å². The molecule has 1 aromatic carbocycles. The van der Waals surface area contributed by atoms with Gasteiger partial charge in [0.2, 0.25) is 21.7 Å². The normalized spacial score (nSPS) is 18.5. The molecular weight excluding hydrogens is 452 g/mol. The predicted octanol–water partition coefficient (Wildman–Crippen LogP) is 0.805. The lowest BCUT2D eigenvalue weighted by Gasteiger charge is -2.24. The second-order valence-corrected chi connectivity index (χ2v) is 10.8. The highest BCUT2D eigenvalue weighted by Gasteiger charge is 2.33. The van der Waals surface area contributed by atoms with E-state index >= 15 is 0 Å². The number of nitrogens with zero attached hydrogens (tertiary/aromatic N) is 1. The second kappa shape index (κ2) is 10.3. The Morgan fingerprint density at radius 2 is 1.94 bits per heavy atom. The number of benzene rings is 1. The number of hydrogen-bond acceptors (Lipinski definition) is 7. The average molecular weight is 479 g/mol. The quantitative estimate of drug-likeness (QED) is 0.526. The van der Waals surface area contributed by atoms with Gasteiger partial charge in [0.05, 0.1) is 9.90 Å². The van der Waals surface area contributed by atoms with Crippen LogP contribution in [0.25, 0.3) is 0 Å². The molecule has 2 bridgehead atoms. The Morgan fingerprint density at radius 3 is 2.62 bits per heavy atom. The van der Waals surface area contributed by atoms with Crippen LogP contribution in [0.5, 0.6) is 0 Å². The summed E-state index contributed by atoms with van der Waals surface area (Å²) in [5, 5.41) is 6.05. The van der Waals surface area contributed by atoms with Crippen molar-refractivity contribution in [3.63, 3.8) is 0 Å². The van der Waals surface area contributed by atoms with Crippen molar-refractivity contribution in [2.75, 3.05) is 6.54 Å². The number of sulfonamides is 1. The first-order valence-electron chi connectivity index (χ1n) is 10.3. The molecule has 1 aliphatic rings. The fourth-order valence-corrected chi connectivity index (χ4v) is 5.62. The highest BCUT2D eigenvalue weighted by atomic mass is 32.2. The summed E-state index contributed by atoms with van der Waals surface area (Å²) < 4.78 is 27.9. The topological polar surface area (TPSA) is 134 Å². The summed E-state index contributed by atoms with van der Waals surface area (Å²) >= 11 is 1.43. The molecule has 11 heteroatoms. The van der Waals surface area contributed by atoms with E-state index in [4.69, 9.17) is 0 Å². The summed E-state index contributed by atoms with van der Waals surface area (Å²) in [5.41, 5.74) is 0. The van der Waals surface area contributed by atoms with Gasteiger partial charge in [0.1, 0.15) is 12.1 Å². The number of rotatable bonds is 6. The van der Waals surface area contributed by atoms with E-state index in [1.807, 2.05) is 0 Å². The number of fused-ring (bicyclic) bond motifs is 2. The van der Waals surface area contributed by atoms with Crippen molar-refractivity contribution in [1.82, 2.24) is 20.3 Å². The molecule has 0 aliphatic carbocycles. The first kappa shape index (κ1) is 24.0. The molecule has 0 spiro atoms. The number of hydrogen-bond donors (Lipinski definition) is 3. The van der Waals surface area contributed by atoms with Crippen LogP contribution in [-0.4, -0.2) is 49.6 Å². The molecular formula is C21H26N4O5S2. The van der Waals surface area contributed by atoms with Crippen molar-refractivity contribution in [1.29, 1.82) is 0 Å². The van der Waals surface area contributed by atoms with Crippen molar-refractivity contribution in [2.45, 2.75) is 50.1 Å². The van der Waals surface area contributed by atoms with Gasteiger partial charge in [-0.15, -0.1) is 11.3 Å². The molecule has 2 amide bonds. The smallest absolute Gasteiger partial charge is 0.289 e. The third kappa shape index (κ3) is 5.99. The van der Waals surface area contributed by atoms with Gasteiger partial charge in [0.25, 0.3) is 5.91 Å². The Kier molecular flexibility index (Phi) is 7.75. The fraction of sp³-hybridized carbons (Fsp3) is 0.429. The van der Waals surface area contributed by atoms with Gasteiger partial charge in [-0.2, -0.15) is 4.72 Å². The molecule has 3 N–H and O–H groups in total. The maximum absolute atomic E-state index is 13.1. The zero-order chi connectivity index (χ0) is 23.3. The van der Waals surface area contributed by atoms with E-state index in [9.17, 15) is 22.8 Å². The van der Waals surface area contributed by atoms with Gasteiger partial charge in [-0.05, 0) is 24.5 Å². The van der Waals surface area contributed by atoms with Crippen molar-refractivity contribution in [2.24, 2.45) is 5.92 Å². The maximum Gasteiger partial charge on any atom is 0.289 e. The van der Waals surface area contributed by atoms with Crippen LogP contribution in [-0.2, 0) is 37.2 Å². The van der Waals surface area contributed by atoms with Crippen LogP contribution < -0.4 is 15.4 Å². The SMILES string of the molecule is CC(C)C(NS(=O)(=O)c1ccccc1)C(=O)NC1Cc2cnc(s2)CCCNC(=O)C1=O. The molecule has 9 nitrogen and oxygen atoms in total. The van der Waals surface area contributed by atoms with E-state index in [0.717, 1.165) is 9.88 Å². The van der Waals surface area contributed by atoms with Gasteiger partial charge in [0.15, 0.2) is 0 Å². The average Bonchev–Trinajstić information content (AvgIpc) is 3.20. The van der Waals surface area contributed by atoms with Crippen molar-refractivity contribution in [3.05, 3.63) is 46.4 Å². The summed E-state index contributed by atoms with van der Waals surface area (Å²) in [7, 11) is -3.96. The van der Waals surface area contributed by atoms with E-state index in [0.29, 0.717) is 19.4 Å². The fourth-order valence-electron chi connectivity index (χ4n) is 3.24. The van der Waals surface area contributed by atoms with Gasteiger partial charge in [0, 0.05) is 30.5 Å². The lowest BCUT2D eigenvalue weighted by atomic mass is 10.0. The molecule has 32 heavy (non-hydrogen) atoms. The first-order valence-corrected chi connectivity index (χ1v) is 12.6. The molecule has 172 valence electrons. The zero-order valence-electron chi connectivity index (χ0n) is 17.8. The number of aromatic nitrogens is 1. The number of ketones is 1. The number of amides is 2. The van der Waals surface area contributed by atoms with Crippen LogP contribution in [0.1, 0.15) is 30.2 Å². The molecule has 0 saturated carbocycles. The Labute approximate surface area is 191 Å². The van der Waals surface area contributed by atoms with E-state index in [1.54, 1.807) is 38.2 Å². The molecule has 2 unspecified atom stereocenters. The second-order valence-electron chi connectivity index (χ2n) is 7.87. The van der Waals surface area contributed by atoms with Crippen LogP contribution >= 0.6 is 11.3 Å². The Bertz CT molecular complexity index is 1080. The molecule has 2 atom stereocenters. The summed E-state index contributed by atoms with van der Waals surface area (Å²) in [6.45, 7) is 3.71. The third-order valence-corrected chi connectivity index (χ3v) is 7.54. The van der Waals surface area contributed by atoms with E-state index in [2.05, 4.69) is 20.3 Å². The summed E-state index contributed by atoms with van der Waals surface area (Å²) in [6.07, 6.45) is 3.09. The number of carbonyl (C=O) groups excluding carboxylic acids is 3. The highest BCUT2D eigenvalue weighted by molar-refractivity contribution is 7.89. The number of carbonyl (C=O) groups is 3.